The molecule has 3 fully saturated rings. The van der Waals surface area contributed by atoms with Crippen LogP contribution in [0.15, 0.2) is 11.1 Å². The molecule has 0 aromatic carbocycles. The number of rotatable bonds is 0. The molecule has 3 rings (SSSR count). The number of fused-ring (bicyclic) bond motifs is 2. The normalized spacial score (nSPS) is 44.3. The summed E-state index contributed by atoms with van der Waals surface area (Å²) < 4.78 is 0. The van der Waals surface area contributed by atoms with Gasteiger partial charge in [-0.25, -0.2) is 0 Å². The highest BCUT2D eigenvalue weighted by Gasteiger charge is 2.36. The number of allylic oxidation sites excluding steroid dienone is 1. The lowest BCUT2D eigenvalue weighted by Gasteiger charge is -2.23. The minimum atomic E-state index is 1.01. The van der Waals surface area contributed by atoms with Crippen molar-refractivity contribution in [3.8, 4) is 0 Å². The molecule has 0 aromatic rings. The summed E-state index contributed by atoms with van der Waals surface area (Å²) in [5.74, 6) is 2.09. The highest BCUT2D eigenvalue weighted by atomic mass is 14.9. The van der Waals surface area contributed by atoms with Crippen LogP contribution in [-0.2, 0) is 0 Å². The zero-order valence-electron chi connectivity index (χ0n) is 8.31. The first-order chi connectivity index (χ1) is 6.43. The molecule has 1 nitrogen and oxygen atoms in total. The molecule has 1 heteroatoms. The number of hydrogen-bond acceptors (Lipinski definition) is 1. The van der Waals surface area contributed by atoms with Crippen LogP contribution in [0.3, 0.4) is 0 Å². The highest BCUT2D eigenvalue weighted by molar-refractivity contribution is 5.25. The molecular weight excluding hydrogens is 158 g/mol. The topological polar surface area (TPSA) is 12.0 Å². The van der Waals surface area contributed by atoms with Crippen molar-refractivity contribution in [3.05, 3.63) is 11.1 Å². The summed E-state index contributed by atoms with van der Waals surface area (Å²) in [6, 6.07) is 0. The van der Waals surface area contributed by atoms with Gasteiger partial charge in [0.15, 0.2) is 0 Å². The summed E-state index contributed by atoms with van der Waals surface area (Å²) in [5.41, 5.74) is 3.67. The lowest BCUT2D eigenvalue weighted by Crippen LogP contribution is -2.25. The molecule has 2 saturated carbocycles. The van der Waals surface area contributed by atoms with Crippen LogP contribution in [-0.4, -0.2) is 13.1 Å². The van der Waals surface area contributed by atoms with Crippen molar-refractivity contribution in [1.29, 1.82) is 0 Å². The van der Waals surface area contributed by atoms with Gasteiger partial charge < -0.3 is 5.32 Å². The average molecular weight is 177 g/mol. The van der Waals surface area contributed by atoms with Crippen LogP contribution in [0.5, 0.6) is 0 Å². The predicted octanol–water partition coefficient (Wildman–Crippen LogP) is 2.49. The SMILES string of the molecule is C1CNC/C(=C2\CC3CCC2C3)C1. The van der Waals surface area contributed by atoms with Crippen molar-refractivity contribution in [2.75, 3.05) is 13.1 Å². The largest absolute Gasteiger partial charge is 0.313 e. The Hall–Kier alpha value is -0.300. The molecule has 1 aliphatic heterocycles. The Balaban J connectivity index is 1.82. The van der Waals surface area contributed by atoms with E-state index >= 15 is 0 Å². The highest BCUT2D eigenvalue weighted by Crippen LogP contribution is 2.49. The smallest absolute Gasteiger partial charge is 0.0167 e. The zero-order chi connectivity index (χ0) is 8.67. The second-order valence-corrected chi connectivity index (χ2v) is 4.99. The van der Waals surface area contributed by atoms with Gasteiger partial charge in [0.2, 0.25) is 0 Å². The Kier molecular flexibility index (Phi) is 1.93. The molecule has 1 N–H and O–H groups in total. The van der Waals surface area contributed by atoms with Gasteiger partial charge in [0.25, 0.3) is 0 Å². The fourth-order valence-electron chi connectivity index (χ4n) is 3.52. The van der Waals surface area contributed by atoms with E-state index in [1.807, 2.05) is 5.57 Å². The van der Waals surface area contributed by atoms with Crippen molar-refractivity contribution in [1.82, 2.24) is 5.32 Å². The van der Waals surface area contributed by atoms with E-state index in [1.54, 1.807) is 5.57 Å². The maximum absolute atomic E-state index is 3.51. The fourth-order valence-corrected chi connectivity index (χ4v) is 3.52. The van der Waals surface area contributed by atoms with Crippen molar-refractivity contribution < 1.29 is 0 Å². The van der Waals surface area contributed by atoms with Gasteiger partial charge in [-0.2, -0.15) is 0 Å². The van der Waals surface area contributed by atoms with Gasteiger partial charge >= 0.3 is 0 Å². The van der Waals surface area contributed by atoms with E-state index < -0.39 is 0 Å². The summed E-state index contributed by atoms with van der Waals surface area (Å²) in [6.07, 6.45) is 8.78. The van der Waals surface area contributed by atoms with Gasteiger partial charge in [0.05, 0.1) is 0 Å². The molecule has 1 heterocycles. The molecule has 2 bridgehead atoms. The summed E-state index contributed by atoms with van der Waals surface area (Å²) >= 11 is 0. The van der Waals surface area contributed by atoms with Crippen molar-refractivity contribution in [2.45, 2.75) is 38.5 Å². The third-order valence-electron chi connectivity index (χ3n) is 4.17. The molecule has 2 atom stereocenters. The number of hydrogen-bond donors (Lipinski definition) is 1. The monoisotopic (exact) mass is 177 g/mol. The molecule has 0 radical (unpaired) electrons. The summed E-state index contributed by atoms with van der Waals surface area (Å²) in [7, 11) is 0. The molecule has 0 amide bonds. The molecule has 1 saturated heterocycles. The standard InChI is InChI=1S/C12H19N/c1-2-11(8-13-5-1)12-7-9-3-4-10(12)6-9/h9-10,13H,1-8H2/b12-11+. The number of piperidine rings is 1. The van der Waals surface area contributed by atoms with E-state index in [-0.39, 0.29) is 0 Å². The molecule has 0 spiro atoms. The fraction of sp³-hybridized carbons (Fsp3) is 0.833. The van der Waals surface area contributed by atoms with E-state index in [2.05, 4.69) is 5.32 Å². The summed E-state index contributed by atoms with van der Waals surface area (Å²) in [6.45, 7) is 2.45. The van der Waals surface area contributed by atoms with Gasteiger partial charge in [-0.05, 0) is 56.9 Å². The van der Waals surface area contributed by atoms with Gasteiger partial charge in [0, 0.05) is 6.54 Å². The van der Waals surface area contributed by atoms with Crippen molar-refractivity contribution >= 4 is 0 Å². The summed E-state index contributed by atoms with van der Waals surface area (Å²) in [5, 5.41) is 3.51. The van der Waals surface area contributed by atoms with Crippen LogP contribution in [0.25, 0.3) is 0 Å². The molecule has 72 valence electrons. The van der Waals surface area contributed by atoms with Crippen LogP contribution >= 0.6 is 0 Å². The third kappa shape index (κ3) is 1.34. The third-order valence-corrected chi connectivity index (χ3v) is 4.17. The molecule has 2 unspecified atom stereocenters. The van der Waals surface area contributed by atoms with E-state index in [1.165, 1.54) is 51.6 Å². The second kappa shape index (κ2) is 3.13. The van der Waals surface area contributed by atoms with Crippen LogP contribution < -0.4 is 5.32 Å². The lowest BCUT2D eigenvalue weighted by molar-refractivity contribution is 0.536. The van der Waals surface area contributed by atoms with Crippen LogP contribution in [0.4, 0.5) is 0 Å². The Morgan fingerprint density at radius 3 is 2.85 bits per heavy atom. The van der Waals surface area contributed by atoms with Crippen molar-refractivity contribution in [3.63, 3.8) is 0 Å². The molecule has 2 aliphatic carbocycles. The van der Waals surface area contributed by atoms with Gasteiger partial charge in [-0.3, -0.25) is 0 Å². The molecule has 3 aliphatic rings. The Morgan fingerprint density at radius 2 is 2.23 bits per heavy atom. The Bertz CT molecular complexity index is 234. The van der Waals surface area contributed by atoms with Crippen molar-refractivity contribution in [2.24, 2.45) is 11.8 Å². The average Bonchev–Trinajstić information content (AvgIpc) is 2.80. The minimum absolute atomic E-state index is 1.01. The Labute approximate surface area is 80.6 Å². The van der Waals surface area contributed by atoms with Gasteiger partial charge in [-0.1, -0.05) is 11.1 Å². The first-order valence-corrected chi connectivity index (χ1v) is 5.85. The second-order valence-electron chi connectivity index (χ2n) is 4.99. The minimum Gasteiger partial charge on any atom is -0.313 e. The number of nitrogens with one attached hydrogen (secondary N) is 1. The van der Waals surface area contributed by atoms with Gasteiger partial charge in [-0.15, -0.1) is 0 Å². The maximum Gasteiger partial charge on any atom is 0.0167 e. The van der Waals surface area contributed by atoms with Crippen LogP contribution in [0, 0.1) is 11.8 Å². The van der Waals surface area contributed by atoms with Crippen LogP contribution in [0.2, 0.25) is 0 Å². The van der Waals surface area contributed by atoms with Gasteiger partial charge in [0.1, 0.15) is 0 Å². The van der Waals surface area contributed by atoms with E-state index in [9.17, 15) is 0 Å². The van der Waals surface area contributed by atoms with Crippen LogP contribution in [0.1, 0.15) is 38.5 Å². The lowest BCUT2D eigenvalue weighted by atomic mass is 9.88. The molecule has 13 heavy (non-hydrogen) atoms. The summed E-state index contributed by atoms with van der Waals surface area (Å²) in [4.78, 5) is 0. The van der Waals surface area contributed by atoms with E-state index in [0.29, 0.717) is 0 Å². The van der Waals surface area contributed by atoms with E-state index in [4.69, 9.17) is 0 Å². The molecular formula is C12H19N. The first-order valence-electron chi connectivity index (χ1n) is 5.85. The quantitative estimate of drug-likeness (QED) is 0.560. The molecule has 0 aromatic heterocycles. The first kappa shape index (κ1) is 8.05. The maximum atomic E-state index is 3.51. The van der Waals surface area contributed by atoms with E-state index in [0.717, 1.165) is 11.8 Å². The Morgan fingerprint density at radius 1 is 1.23 bits per heavy atom. The predicted molar refractivity (Wildman–Crippen MR) is 54.6 cm³/mol. The zero-order valence-corrected chi connectivity index (χ0v) is 8.31.